The predicted octanol–water partition coefficient (Wildman–Crippen LogP) is 0.757. The zero-order valence-corrected chi connectivity index (χ0v) is 10.6. The van der Waals surface area contributed by atoms with Crippen molar-refractivity contribution in [1.82, 2.24) is 5.32 Å². The summed E-state index contributed by atoms with van der Waals surface area (Å²) in [4.78, 5) is 21.8. The minimum absolute atomic E-state index is 0. The molecule has 0 aromatic rings. The van der Waals surface area contributed by atoms with Gasteiger partial charge in [0.2, 0.25) is 0 Å². The van der Waals surface area contributed by atoms with Gasteiger partial charge in [0.1, 0.15) is 6.04 Å². The van der Waals surface area contributed by atoms with E-state index in [9.17, 15) is 22.8 Å². The van der Waals surface area contributed by atoms with Crippen LogP contribution in [-0.2, 0) is 14.3 Å². The highest BCUT2D eigenvalue weighted by Crippen LogP contribution is 2.15. The van der Waals surface area contributed by atoms with Crippen LogP contribution in [0.1, 0.15) is 19.3 Å². The lowest BCUT2D eigenvalue weighted by molar-refractivity contribution is -0.175. The second-order valence-corrected chi connectivity index (χ2v) is 3.33. The largest absolute Gasteiger partial charge is 0.471 e. The normalized spacial score (nSPS) is 12.3. The van der Waals surface area contributed by atoms with Crippen LogP contribution in [-0.4, -0.2) is 37.7 Å². The molecule has 0 bridgehead atoms. The van der Waals surface area contributed by atoms with E-state index in [0.29, 0.717) is 19.4 Å². The number of nitrogens with one attached hydrogen (secondary N) is 1. The molecule has 3 N–H and O–H groups in total. The summed E-state index contributed by atoms with van der Waals surface area (Å²) >= 11 is 0. The van der Waals surface area contributed by atoms with Crippen molar-refractivity contribution in [3.63, 3.8) is 0 Å². The topological polar surface area (TPSA) is 81.4 Å². The van der Waals surface area contributed by atoms with Crippen molar-refractivity contribution < 1.29 is 27.5 Å². The summed E-state index contributed by atoms with van der Waals surface area (Å²) in [5, 5.41) is 1.59. The molecule has 1 atom stereocenters. The zero-order chi connectivity index (χ0) is 13.5. The van der Waals surface area contributed by atoms with Gasteiger partial charge in [-0.05, 0) is 25.8 Å². The average molecular weight is 293 g/mol. The molecule has 9 heteroatoms. The first kappa shape index (κ1) is 19.3. The van der Waals surface area contributed by atoms with Crippen molar-refractivity contribution in [2.75, 3.05) is 13.7 Å². The molecule has 0 saturated heterocycles. The van der Waals surface area contributed by atoms with E-state index in [2.05, 4.69) is 4.74 Å². The fourth-order valence-corrected chi connectivity index (χ4v) is 1.12. The van der Waals surface area contributed by atoms with Gasteiger partial charge in [-0.3, -0.25) is 4.79 Å². The number of unbranched alkanes of at least 4 members (excludes halogenated alkanes) is 1. The summed E-state index contributed by atoms with van der Waals surface area (Å²) in [6, 6.07) is -1.29. The highest BCUT2D eigenvalue weighted by molar-refractivity contribution is 5.87. The summed E-state index contributed by atoms with van der Waals surface area (Å²) in [6.45, 7) is 0.362. The van der Waals surface area contributed by atoms with E-state index in [1.165, 1.54) is 0 Å². The lowest BCUT2D eigenvalue weighted by atomic mass is 10.1. The molecular weight excluding hydrogens is 277 g/mol. The summed E-state index contributed by atoms with van der Waals surface area (Å²) in [5.74, 6) is -3.06. The van der Waals surface area contributed by atoms with Gasteiger partial charge in [-0.1, -0.05) is 0 Å². The summed E-state index contributed by atoms with van der Waals surface area (Å²) < 4.78 is 40.2. The Bertz CT molecular complexity index is 274. The molecule has 108 valence electrons. The number of methoxy groups -OCH3 is 1. The number of esters is 1. The number of hydrogen-bond donors (Lipinski definition) is 2. The van der Waals surface area contributed by atoms with Crippen molar-refractivity contribution in [2.24, 2.45) is 5.73 Å². The molecule has 0 fully saturated rings. The molecule has 0 saturated carbocycles. The van der Waals surface area contributed by atoms with E-state index >= 15 is 0 Å². The Morgan fingerprint density at radius 1 is 1.33 bits per heavy atom. The van der Waals surface area contributed by atoms with E-state index in [1.807, 2.05) is 0 Å². The zero-order valence-electron chi connectivity index (χ0n) is 9.75. The molecule has 0 aromatic carbocycles. The van der Waals surface area contributed by atoms with E-state index in [-0.39, 0.29) is 18.8 Å². The average Bonchev–Trinajstić information content (AvgIpc) is 2.25. The third-order valence-corrected chi connectivity index (χ3v) is 2.00. The standard InChI is InChI=1S/C9H15F3N2O3.ClH/c1-17-7(15)6(4-2-3-5-13)14-8(16)9(10,11)12;/h6H,2-5,13H2,1H3,(H,14,16);1H. The number of halogens is 4. The van der Waals surface area contributed by atoms with Crippen LogP contribution >= 0.6 is 12.4 Å². The van der Waals surface area contributed by atoms with Crippen molar-refractivity contribution in [1.29, 1.82) is 0 Å². The second-order valence-electron chi connectivity index (χ2n) is 3.33. The van der Waals surface area contributed by atoms with Crippen LogP contribution in [0.2, 0.25) is 0 Å². The highest BCUT2D eigenvalue weighted by atomic mass is 35.5. The maximum atomic E-state index is 12.0. The van der Waals surface area contributed by atoms with Gasteiger partial charge in [0.25, 0.3) is 0 Å². The molecule has 0 aliphatic carbocycles. The van der Waals surface area contributed by atoms with Crippen LogP contribution in [0.25, 0.3) is 0 Å². The number of ether oxygens (including phenoxy) is 1. The Hall–Kier alpha value is -1.02. The SMILES string of the molecule is COC(=O)C(CCCCN)NC(=O)C(F)(F)F.Cl. The van der Waals surface area contributed by atoms with Gasteiger partial charge in [0, 0.05) is 0 Å². The van der Waals surface area contributed by atoms with Gasteiger partial charge in [0.05, 0.1) is 7.11 Å². The second kappa shape index (κ2) is 8.98. The molecular formula is C9H16ClF3N2O3. The Balaban J connectivity index is 0. The number of hydrogen-bond acceptors (Lipinski definition) is 4. The van der Waals surface area contributed by atoms with Crippen molar-refractivity contribution in [2.45, 2.75) is 31.5 Å². The van der Waals surface area contributed by atoms with Crippen molar-refractivity contribution in [3.8, 4) is 0 Å². The Kier molecular flexibility index (Phi) is 9.64. The number of carbonyl (C=O) groups excluding carboxylic acids is 2. The van der Waals surface area contributed by atoms with Crippen LogP contribution in [0, 0.1) is 0 Å². The maximum Gasteiger partial charge on any atom is 0.471 e. The Morgan fingerprint density at radius 3 is 2.28 bits per heavy atom. The molecule has 5 nitrogen and oxygen atoms in total. The number of carbonyl (C=O) groups is 2. The van der Waals surface area contributed by atoms with Gasteiger partial charge < -0.3 is 15.8 Å². The molecule has 0 aliphatic heterocycles. The lowest BCUT2D eigenvalue weighted by Crippen LogP contribution is -2.47. The van der Waals surface area contributed by atoms with Gasteiger partial charge in [0.15, 0.2) is 0 Å². The number of rotatable bonds is 6. The molecule has 0 aromatic heterocycles. The fraction of sp³-hybridized carbons (Fsp3) is 0.778. The highest BCUT2D eigenvalue weighted by Gasteiger charge is 2.40. The lowest BCUT2D eigenvalue weighted by Gasteiger charge is -2.17. The summed E-state index contributed by atoms with van der Waals surface area (Å²) in [6.07, 6.45) is -3.98. The van der Waals surface area contributed by atoms with E-state index in [1.54, 1.807) is 5.32 Å². The smallest absolute Gasteiger partial charge is 0.467 e. The summed E-state index contributed by atoms with van der Waals surface area (Å²) in [7, 11) is 1.04. The first-order valence-electron chi connectivity index (χ1n) is 4.98. The summed E-state index contributed by atoms with van der Waals surface area (Å²) in [5.41, 5.74) is 5.21. The minimum Gasteiger partial charge on any atom is -0.467 e. The van der Waals surface area contributed by atoms with Crippen LogP contribution in [0.5, 0.6) is 0 Å². The minimum atomic E-state index is -5.01. The van der Waals surface area contributed by atoms with Crippen molar-refractivity contribution in [3.05, 3.63) is 0 Å². The predicted molar refractivity (Wildman–Crippen MR) is 60.2 cm³/mol. The van der Waals surface area contributed by atoms with Gasteiger partial charge in [-0.15, -0.1) is 12.4 Å². The Labute approximate surface area is 109 Å². The van der Waals surface area contributed by atoms with Crippen molar-refractivity contribution >= 4 is 24.3 Å². The van der Waals surface area contributed by atoms with Gasteiger partial charge >= 0.3 is 18.1 Å². The first-order chi connectivity index (χ1) is 7.82. The Morgan fingerprint density at radius 2 is 1.89 bits per heavy atom. The van der Waals surface area contributed by atoms with Crippen LogP contribution < -0.4 is 11.1 Å². The fourth-order valence-electron chi connectivity index (χ4n) is 1.12. The molecule has 1 unspecified atom stereocenters. The molecule has 0 radical (unpaired) electrons. The van der Waals surface area contributed by atoms with E-state index in [4.69, 9.17) is 5.73 Å². The molecule has 0 spiro atoms. The third kappa shape index (κ3) is 7.33. The van der Waals surface area contributed by atoms with Crippen LogP contribution in [0.15, 0.2) is 0 Å². The van der Waals surface area contributed by atoms with E-state index < -0.39 is 24.1 Å². The first-order valence-corrected chi connectivity index (χ1v) is 4.98. The van der Waals surface area contributed by atoms with Crippen LogP contribution in [0.4, 0.5) is 13.2 Å². The molecule has 0 aliphatic rings. The third-order valence-electron chi connectivity index (χ3n) is 2.00. The maximum absolute atomic E-state index is 12.0. The number of amides is 1. The van der Waals surface area contributed by atoms with Gasteiger partial charge in [-0.25, -0.2) is 4.79 Å². The van der Waals surface area contributed by atoms with Gasteiger partial charge in [-0.2, -0.15) is 13.2 Å². The molecule has 1 amide bonds. The quantitative estimate of drug-likeness (QED) is 0.559. The van der Waals surface area contributed by atoms with E-state index in [0.717, 1.165) is 7.11 Å². The number of nitrogens with two attached hydrogens (primary N) is 1. The number of alkyl halides is 3. The molecule has 18 heavy (non-hydrogen) atoms. The molecule has 0 rings (SSSR count). The molecule has 0 heterocycles. The van der Waals surface area contributed by atoms with Crippen LogP contribution in [0.3, 0.4) is 0 Å². The monoisotopic (exact) mass is 292 g/mol.